The number of nitrogens with one attached hydrogen (secondary N) is 1. The molecule has 0 bridgehead atoms. The Hall–Kier alpha value is -2.42. The molecule has 0 saturated carbocycles. The van der Waals surface area contributed by atoms with Crippen LogP contribution in [0.25, 0.3) is 10.2 Å². The van der Waals surface area contributed by atoms with Gasteiger partial charge in [0.2, 0.25) is 5.91 Å². The van der Waals surface area contributed by atoms with E-state index in [9.17, 15) is 13.6 Å². The molecule has 0 spiro atoms. The van der Waals surface area contributed by atoms with Crippen LogP contribution in [0.3, 0.4) is 0 Å². The second kappa shape index (κ2) is 4.93. The predicted octanol–water partition coefficient (Wildman–Crippen LogP) is 1.80. The SMILES string of the molecule is O=C(Cn1cncn1)Nc1nc2c(F)cc(F)cc2s1. The van der Waals surface area contributed by atoms with E-state index in [0.29, 0.717) is 4.70 Å². The number of hydrogen-bond donors (Lipinski definition) is 1. The Kier molecular flexibility index (Phi) is 3.11. The molecular weight excluding hydrogens is 288 g/mol. The van der Waals surface area contributed by atoms with Crippen LogP contribution in [0.4, 0.5) is 13.9 Å². The summed E-state index contributed by atoms with van der Waals surface area (Å²) in [6.07, 6.45) is 2.70. The van der Waals surface area contributed by atoms with Gasteiger partial charge in [0, 0.05) is 6.07 Å². The average Bonchev–Trinajstić information content (AvgIpc) is 2.98. The number of fused-ring (bicyclic) bond motifs is 1. The molecule has 1 N–H and O–H groups in total. The highest BCUT2D eigenvalue weighted by Crippen LogP contribution is 2.28. The molecule has 0 radical (unpaired) electrons. The van der Waals surface area contributed by atoms with Crippen LogP contribution in [0, 0.1) is 11.6 Å². The van der Waals surface area contributed by atoms with Gasteiger partial charge in [0.1, 0.15) is 30.5 Å². The minimum atomic E-state index is -0.756. The molecule has 1 amide bonds. The maximum absolute atomic E-state index is 13.5. The second-order valence-corrected chi connectivity index (χ2v) is 4.93. The number of thiazole rings is 1. The summed E-state index contributed by atoms with van der Waals surface area (Å²) in [5.41, 5.74) is 0.0347. The molecule has 102 valence electrons. The van der Waals surface area contributed by atoms with Crippen molar-refractivity contribution in [3.05, 3.63) is 36.4 Å². The topological polar surface area (TPSA) is 72.7 Å². The van der Waals surface area contributed by atoms with Gasteiger partial charge in [0.15, 0.2) is 10.9 Å². The van der Waals surface area contributed by atoms with Gasteiger partial charge in [0.05, 0.1) is 4.70 Å². The summed E-state index contributed by atoms with van der Waals surface area (Å²) in [7, 11) is 0. The summed E-state index contributed by atoms with van der Waals surface area (Å²) in [4.78, 5) is 19.3. The number of carbonyl (C=O) groups is 1. The summed E-state index contributed by atoms with van der Waals surface area (Å²) in [6.45, 7) is -0.0350. The van der Waals surface area contributed by atoms with Crippen LogP contribution in [-0.2, 0) is 11.3 Å². The number of aromatic nitrogens is 4. The van der Waals surface area contributed by atoms with E-state index in [1.54, 1.807) is 0 Å². The molecule has 2 aromatic heterocycles. The van der Waals surface area contributed by atoms with Crippen LogP contribution in [0.1, 0.15) is 0 Å². The number of halogens is 2. The molecule has 0 aliphatic carbocycles. The second-order valence-electron chi connectivity index (χ2n) is 3.89. The van der Waals surface area contributed by atoms with E-state index in [1.807, 2.05) is 0 Å². The lowest BCUT2D eigenvalue weighted by molar-refractivity contribution is -0.116. The lowest BCUT2D eigenvalue weighted by Crippen LogP contribution is -2.18. The number of anilines is 1. The first-order valence-corrected chi connectivity index (χ1v) is 6.31. The van der Waals surface area contributed by atoms with E-state index in [0.717, 1.165) is 17.4 Å². The Balaban J connectivity index is 1.81. The molecule has 0 aliphatic rings. The maximum atomic E-state index is 13.5. The lowest BCUT2D eigenvalue weighted by atomic mass is 10.3. The van der Waals surface area contributed by atoms with Crippen molar-refractivity contribution in [2.45, 2.75) is 6.54 Å². The molecule has 0 fully saturated rings. The van der Waals surface area contributed by atoms with Gasteiger partial charge in [0.25, 0.3) is 0 Å². The maximum Gasteiger partial charge on any atom is 0.247 e. The van der Waals surface area contributed by atoms with E-state index < -0.39 is 11.6 Å². The van der Waals surface area contributed by atoms with Gasteiger partial charge >= 0.3 is 0 Å². The van der Waals surface area contributed by atoms with Gasteiger partial charge in [-0.25, -0.2) is 23.4 Å². The highest BCUT2D eigenvalue weighted by Gasteiger charge is 2.12. The van der Waals surface area contributed by atoms with Crippen LogP contribution in [0.15, 0.2) is 24.8 Å². The fraction of sp³-hybridized carbons (Fsp3) is 0.0909. The molecule has 0 atom stereocenters. The molecule has 0 aliphatic heterocycles. The zero-order valence-corrected chi connectivity index (χ0v) is 10.7. The Morgan fingerprint density at radius 2 is 2.25 bits per heavy atom. The number of hydrogen-bond acceptors (Lipinski definition) is 5. The summed E-state index contributed by atoms with van der Waals surface area (Å²) in [5, 5.41) is 6.49. The first-order valence-electron chi connectivity index (χ1n) is 5.49. The molecule has 6 nitrogen and oxygen atoms in total. The van der Waals surface area contributed by atoms with Crippen LogP contribution >= 0.6 is 11.3 Å². The smallest absolute Gasteiger partial charge is 0.247 e. The monoisotopic (exact) mass is 295 g/mol. The van der Waals surface area contributed by atoms with Gasteiger partial charge < -0.3 is 5.32 Å². The number of rotatable bonds is 3. The third kappa shape index (κ3) is 2.48. The van der Waals surface area contributed by atoms with Crippen molar-refractivity contribution in [3.63, 3.8) is 0 Å². The molecule has 9 heteroatoms. The van der Waals surface area contributed by atoms with E-state index in [4.69, 9.17) is 0 Å². The zero-order chi connectivity index (χ0) is 14.1. The first kappa shape index (κ1) is 12.6. The molecule has 3 rings (SSSR count). The summed E-state index contributed by atoms with van der Waals surface area (Å²) < 4.78 is 28.2. The zero-order valence-electron chi connectivity index (χ0n) is 9.88. The van der Waals surface area contributed by atoms with E-state index in [1.165, 1.54) is 23.4 Å². The predicted molar refractivity (Wildman–Crippen MR) is 68.2 cm³/mol. The van der Waals surface area contributed by atoms with Crippen molar-refractivity contribution in [2.75, 3.05) is 5.32 Å². The van der Waals surface area contributed by atoms with Crippen LogP contribution < -0.4 is 5.32 Å². The fourth-order valence-electron chi connectivity index (χ4n) is 1.63. The molecular formula is C11H7F2N5OS. The molecule has 2 heterocycles. The van der Waals surface area contributed by atoms with Crippen molar-refractivity contribution >= 4 is 32.6 Å². The molecule has 1 aromatic carbocycles. The van der Waals surface area contributed by atoms with Crippen molar-refractivity contribution < 1.29 is 13.6 Å². The van der Waals surface area contributed by atoms with Crippen molar-refractivity contribution in [3.8, 4) is 0 Å². The van der Waals surface area contributed by atoms with Crippen molar-refractivity contribution in [1.82, 2.24) is 19.7 Å². The quantitative estimate of drug-likeness (QED) is 0.799. The highest BCUT2D eigenvalue weighted by molar-refractivity contribution is 7.22. The highest BCUT2D eigenvalue weighted by atomic mass is 32.1. The molecule has 20 heavy (non-hydrogen) atoms. The third-order valence-corrected chi connectivity index (χ3v) is 3.35. The van der Waals surface area contributed by atoms with Crippen molar-refractivity contribution in [1.29, 1.82) is 0 Å². The Bertz CT molecular complexity index is 771. The molecule has 0 unspecified atom stereocenters. The first-order chi connectivity index (χ1) is 9.61. The standard InChI is InChI=1S/C11H7F2N5OS/c12-6-1-7(13)10-8(2-6)20-11(17-10)16-9(19)3-18-5-14-4-15-18/h1-2,4-5H,3H2,(H,16,17,19). The Morgan fingerprint density at radius 3 is 3.00 bits per heavy atom. The Labute approximate surface area is 115 Å². The van der Waals surface area contributed by atoms with Crippen LogP contribution in [0.2, 0.25) is 0 Å². The minimum absolute atomic E-state index is 0.0347. The summed E-state index contributed by atoms with van der Waals surface area (Å²) in [5.74, 6) is -1.82. The van der Waals surface area contributed by atoms with Crippen LogP contribution in [0.5, 0.6) is 0 Å². The number of nitrogens with zero attached hydrogens (tertiary/aromatic N) is 4. The van der Waals surface area contributed by atoms with Gasteiger partial charge in [-0.05, 0) is 6.07 Å². The lowest BCUT2D eigenvalue weighted by Gasteiger charge is -2.00. The number of benzene rings is 1. The fourth-order valence-corrected chi connectivity index (χ4v) is 2.55. The normalized spacial score (nSPS) is 10.9. The number of carbonyl (C=O) groups excluding carboxylic acids is 1. The summed E-state index contributed by atoms with van der Waals surface area (Å²) in [6, 6.07) is 1.92. The van der Waals surface area contributed by atoms with E-state index in [2.05, 4.69) is 20.4 Å². The largest absolute Gasteiger partial charge is 0.300 e. The summed E-state index contributed by atoms with van der Waals surface area (Å²) >= 11 is 0.998. The third-order valence-electron chi connectivity index (χ3n) is 2.43. The van der Waals surface area contributed by atoms with Gasteiger partial charge in [-0.2, -0.15) is 5.10 Å². The Morgan fingerprint density at radius 1 is 1.40 bits per heavy atom. The molecule has 3 aromatic rings. The van der Waals surface area contributed by atoms with Crippen molar-refractivity contribution in [2.24, 2.45) is 0 Å². The average molecular weight is 295 g/mol. The van der Waals surface area contributed by atoms with E-state index >= 15 is 0 Å². The number of amides is 1. The molecule has 0 saturated heterocycles. The van der Waals surface area contributed by atoms with Gasteiger partial charge in [-0.1, -0.05) is 11.3 Å². The van der Waals surface area contributed by atoms with Gasteiger partial charge in [-0.3, -0.25) is 4.79 Å². The van der Waals surface area contributed by atoms with Gasteiger partial charge in [-0.15, -0.1) is 0 Å². The van der Waals surface area contributed by atoms with Crippen LogP contribution in [-0.4, -0.2) is 25.7 Å². The minimum Gasteiger partial charge on any atom is -0.300 e. The van der Waals surface area contributed by atoms with E-state index in [-0.39, 0.29) is 23.1 Å².